The number of sulfone groups is 1. The fraction of sp³-hybridized carbons (Fsp3) is 0.525. The van der Waals surface area contributed by atoms with Gasteiger partial charge < -0.3 is 49.5 Å². The van der Waals surface area contributed by atoms with Gasteiger partial charge in [-0.1, -0.05) is 30.2 Å². The Morgan fingerprint density at radius 3 is 2.51 bits per heavy atom. The Bertz CT molecular complexity index is 3410. The van der Waals surface area contributed by atoms with E-state index in [-0.39, 0.29) is 80.6 Å². The van der Waals surface area contributed by atoms with E-state index in [0.717, 1.165) is 56.5 Å². The lowest BCUT2D eigenvalue weighted by Crippen LogP contribution is -2.62. The number of benzene rings is 3. The fourth-order valence-electron chi connectivity index (χ4n) is 14.4. The van der Waals surface area contributed by atoms with Crippen LogP contribution in [0.15, 0.2) is 76.7 Å². The lowest BCUT2D eigenvalue weighted by Gasteiger charge is -2.56. The highest BCUT2D eigenvalue weighted by Crippen LogP contribution is 2.57. The van der Waals surface area contributed by atoms with Crippen molar-refractivity contribution in [1.29, 1.82) is 0 Å². The van der Waals surface area contributed by atoms with Gasteiger partial charge in [0.25, 0.3) is 11.6 Å². The van der Waals surface area contributed by atoms with Gasteiger partial charge in [-0.2, -0.15) is 4.98 Å². The summed E-state index contributed by atoms with van der Waals surface area (Å²) in [6.07, 6.45) is 7.16. The Morgan fingerprint density at radius 2 is 1.75 bits per heavy atom. The Kier molecular flexibility index (Phi) is 13.1. The Balaban J connectivity index is 0.873. The van der Waals surface area contributed by atoms with Crippen LogP contribution < -0.4 is 30.3 Å². The van der Waals surface area contributed by atoms with Crippen LogP contribution >= 0.6 is 0 Å². The van der Waals surface area contributed by atoms with Gasteiger partial charge in [-0.25, -0.2) is 8.42 Å². The standard InChI is InChI=1S/C59H69N9O10S/c1-5-16-58(3,4)42-10-7-6-9-40(42)44-11-8-20-65(44)37-27-59(28-37)17-21-64(22-18-59)46-13-12-41(55(60)69)53(67-45-15-23-74-34-51(45)78-57-48(67)24-36-14-19-61-56(36)63-57)54(46)79(72,73)39-25-47(68(70)71)52-49(26-39)77-33-43(62-52)50-29-66(35(2)30-76-50)38-31-75-32-38/h6-7,9-10,12-14,19,24-26,35,37-38,43-45,50-51,62H,8,11,15,17-18,20-23,27-34H2,1-4H3,(H2,60,69)(H,61,63)/t35-,43+,44+,45-,50-,51+/m1/s1. The molecule has 20 heteroatoms. The van der Waals surface area contributed by atoms with Crippen LogP contribution in [0.1, 0.15) is 100 Å². The number of ether oxygens (including phenoxy) is 5. The van der Waals surface area contributed by atoms with Gasteiger partial charge in [0.2, 0.25) is 15.7 Å². The van der Waals surface area contributed by atoms with Crippen LogP contribution in [-0.4, -0.2) is 147 Å². The number of fused-ring (bicyclic) bond motifs is 4. The van der Waals surface area contributed by atoms with Crippen LogP contribution in [0, 0.1) is 27.4 Å². The number of pyridine rings is 1. The number of hydrogen-bond donors (Lipinski definition) is 3. The molecule has 3 aromatic carbocycles. The summed E-state index contributed by atoms with van der Waals surface area (Å²) < 4.78 is 63.4. The maximum Gasteiger partial charge on any atom is 0.297 e. The number of rotatable bonds is 11. The number of carbonyl (C=O) groups is 1. The molecule has 5 saturated heterocycles. The average molecular weight is 1100 g/mol. The SMILES string of the molecule is CC#CC(C)(C)c1ccccc1[C@@H]1CCCN1C1CC2(CCN(c3ccc(C(N)=O)c(N4c5cc6cc[nH]c6nc5O[C@H]5COCC[C@H]54)c3S(=O)(=O)c3cc4c(c([N+](=O)[O-])c3)N[C@H]([C@H]3CN(C5COC5)[C@H](C)CO3)CO4)CC2)C1. The van der Waals surface area contributed by atoms with Crippen molar-refractivity contribution in [1.82, 2.24) is 19.8 Å². The molecule has 79 heavy (non-hydrogen) atoms. The largest absolute Gasteiger partial charge is 0.489 e. The van der Waals surface area contributed by atoms with Crippen molar-refractivity contribution in [3.63, 3.8) is 0 Å². The van der Waals surface area contributed by atoms with E-state index in [1.165, 1.54) is 17.2 Å². The topological polar surface area (TPSA) is 220 Å². The number of aromatic nitrogens is 2. The molecule has 1 aliphatic carbocycles. The number of piperidine rings is 1. The zero-order valence-corrected chi connectivity index (χ0v) is 46.1. The smallest absolute Gasteiger partial charge is 0.297 e. The molecule has 4 N–H and O–H groups in total. The van der Waals surface area contributed by atoms with Crippen LogP contribution in [0.25, 0.3) is 11.0 Å². The number of carbonyl (C=O) groups excluding carboxylic acids is 1. The summed E-state index contributed by atoms with van der Waals surface area (Å²) in [5.74, 6) is 6.03. The van der Waals surface area contributed by atoms with E-state index in [9.17, 15) is 14.9 Å². The maximum atomic E-state index is 16.3. The quantitative estimate of drug-likeness (QED) is 0.0657. The third-order valence-corrected chi connectivity index (χ3v) is 20.3. The summed E-state index contributed by atoms with van der Waals surface area (Å²) in [6, 6.07) is 18.5. The highest BCUT2D eigenvalue weighted by molar-refractivity contribution is 7.91. The first-order chi connectivity index (χ1) is 38.1. The number of amides is 1. The first kappa shape index (κ1) is 51.9. The molecule has 13 rings (SSSR count). The molecule has 7 aliphatic heterocycles. The first-order valence-corrected chi connectivity index (χ1v) is 29.5. The minimum atomic E-state index is -4.82. The summed E-state index contributed by atoms with van der Waals surface area (Å²) in [5, 5.41) is 17.4. The molecule has 9 heterocycles. The maximum absolute atomic E-state index is 16.3. The predicted octanol–water partition coefficient (Wildman–Crippen LogP) is 7.64. The third-order valence-electron chi connectivity index (χ3n) is 18.5. The molecule has 1 saturated carbocycles. The second-order valence-corrected chi connectivity index (χ2v) is 25.5. The molecule has 0 bridgehead atoms. The second kappa shape index (κ2) is 20.0. The third kappa shape index (κ3) is 8.95. The number of morpholine rings is 1. The van der Waals surface area contributed by atoms with E-state index in [2.05, 4.69) is 81.9 Å². The molecule has 5 aromatic rings. The summed E-state index contributed by atoms with van der Waals surface area (Å²) in [5.41, 5.74) is 9.80. The van der Waals surface area contributed by atoms with Crippen molar-refractivity contribution in [3.8, 4) is 23.5 Å². The number of hydrogen-bond acceptors (Lipinski definition) is 16. The fourth-order valence-corrected chi connectivity index (χ4v) is 16.1. The number of nitrogens with one attached hydrogen (secondary N) is 2. The van der Waals surface area contributed by atoms with E-state index < -0.39 is 44.5 Å². The number of H-pyrrole nitrogens is 1. The summed E-state index contributed by atoms with van der Waals surface area (Å²) in [4.78, 5) is 43.2. The molecule has 0 unspecified atom stereocenters. The molecule has 6 atom stereocenters. The molecule has 8 aliphatic rings. The number of nitro benzene ring substituents is 1. The van der Waals surface area contributed by atoms with Gasteiger partial charge in [-0.05, 0) is 120 Å². The van der Waals surface area contributed by atoms with Gasteiger partial charge in [0.05, 0.1) is 82.8 Å². The molecular weight excluding hydrogens is 1030 g/mol. The minimum absolute atomic E-state index is 0.0217. The molecule has 6 fully saturated rings. The van der Waals surface area contributed by atoms with Gasteiger partial charge in [0.15, 0.2) is 11.4 Å². The van der Waals surface area contributed by atoms with Crippen molar-refractivity contribution in [2.24, 2.45) is 11.1 Å². The number of likely N-dealkylation sites (tertiary alicyclic amines) is 1. The van der Waals surface area contributed by atoms with E-state index in [0.29, 0.717) is 81.6 Å². The van der Waals surface area contributed by atoms with Gasteiger partial charge in [-0.15, -0.1) is 5.92 Å². The van der Waals surface area contributed by atoms with Gasteiger partial charge in [0, 0.05) is 68.1 Å². The Labute approximate surface area is 460 Å². The minimum Gasteiger partial charge on any atom is -0.489 e. The Hall–Kier alpha value is -6.47. The zero-order valence-electron chi connectivity index (χ0n) is 45.2. The van der Waals surface area contributed by atoms with Crippen molar-refractivity contribution >= 4 is 55.2 Å². The van der Waals surface area contributed by atoms with E-state index in [1.807, 2.05) is 24.0 Å². The molecular formula is C59H69N9O10S. The number of anilines is 4. The van der Waals surface area contributed by atoms with Crippen molar-refractivity contribution in [2.45, 2.75) is 136 Å². The highest BCUT2D eigenvalue weighted by Gasteiger charge is 2.52. The molecule has 416 valence electrons. The van der Waals surface area contributed by atoms with Gasteiger partial charge in [0.1, 0.15) is 28.9 Å². The van der Waals surface area contributed by atoms with Crippen LogP contribution in [0.3, 0.4) is 0 Å². The van der Waals surface area contributed by atoms with E-state index >= 15 is 8.42 Å². The van der Waals surface area contributed by atoms with Gasteiger partial charge >= 0.3 is 0 Å². The van der Waals surface area contributed by atoms with Crippen molar-refractivity contribution in [2.75, 3.05) is 80.9 Å². The zero-order chi connectivity index (χ0) is 54.5. The average Bonchev–Trinajstić information content (AvgIpc) is 4.15. The number of primary amides is 1. The molecule has 0 radical (unpaired) electrons. The van der Waals surface area contributed by atoms with Gasteiger partial charge in [-0.3, -0.25) is 24.7 Å². The van der Waals surface area contributed by atoms with Crippen molar-refractivity contribution in [3.05, 3.63) is 93.7 Å². The van der Waals surface area contributed by atoms with Crippen LogP contribution in [0.2, 0.25) is 0 Å². The summed E-state index contributed by atoms with van der Waals surface area (Å²) in [7, 11) is -4.82. The number of aromatic amines is 1. The molecule has 2 aromatic heterocycles. The molecule has 19 nitrogen and oxygen atoms in total. The first-order valence-electron chi connectivity index (χ1n) is 28.1. The number of nitrogens with two attached hydrogens (primary N) is 1. The summed E-state index contributed by atoms with van der Waals surface area (Å²) >= 11 is 0. The number of nitrogens with zero attached hydrogens (tertiary/aromatic N) is 6. The lowest BCUT2D eigenvalue weighted by atomic mass is 9.59. The monoisotopic (exact) mass is 1100 g/mol. The lowest BCUT2D eigenvalue weighted by molar-refractivity contribution is -0.384. The molecule has 1 amide bonds. The van der Waals surface area contributed by atoms with Crippen LogP contribution in [0.5, 0.6) is 11.6 Å². The van der Waals surface area contributed by atoms with E-state index in [4.69, 9.17) is 34.4 Å². The van der Waals surface area contributed by atoms with Crippen LogP contribution in [-0.2, 0) is 29.5 Å². The summed E-state index contributed by atoms with van der Waals surface area (Å²) in [6.45, 7) is 13.4. The number of nitro groups is 1. The predicted molar refractivity (Wildman–Crippen MR) is 297 cm³/mol. The Morgan fingerprint density at radius 1 is 0.937 bits per heavy atom. The van der Waals surface area contributed by atoms with Crippen LogP contribution in [0.4, 0.5) is 28.4 Å². The normalized spacial score (nSPS) is 26.3. The highest BCUT2D eigenvalue weighted by atomic mass is 32.2. The van der Waals surface area contributed by atoms with E-state index in [1.54, 1.807) is 18.3 Å². The molecule has 1 spiro atoms. The van der Waals surface area contributed by atoms with Crippen molar-refractivity contribution < 1.29 is 41.8 Å². The second-order valence-electron chi connectivity index (χ2n) is 23.6.